The molecule has 1 unspecified atom stereocenters. The van der Waals surface area contributed by atoms with Crippen LogP contribution in [0.25, 0.3) is 0 Å². The van der Waals surface area contributed by atoms with Crippen molar-refractivity contribution >= 4 is 23.3 Å². The van der Waals surface area contributed by atoms with Crippen molar-refractivity contribution in [1.29, 1.82) is 0 Å². The third kappa shape index (κ3) is 5.24. The number of amides is 3. The number of hydrogen-bond donors (Lipinski definition) is 2. The maximum atomic E-state index is 12.7. The predicted molar refractivity (Wildman–Crippen MR) is 140 cm³/mol. The van der Waals surface area contributed by atoms with E-state index in [9.17, 15) is 9.59 Å². The Hall–Kier alpha value is -3.75. The maximum absolute atomic E-state index is 12.7. The number of ether oxygens (including phenoxy) is 2. The van der Waals surface area contributed by atoms with Crippen molar-refractivity contribution in [3.63, 3.8) is 0 Å². The van der Waals surface area contributed by atoms with E-state index in [2.05, 4.69) is 27.7 Å². The smallest absolute Gasteiger partial charge is 0.337 e. The van der Waals surface area contributed by atoms with Crippen molar-refractivity contribution in [2.75, 3.05) is 39.3 Å². The number of nitrogens with one attached hydrogen (secondary N) is 2. The van der Waals surface area contributed by atoms with E-state index in [1.807, 2.05) is 31.2 Å². The van der Waals surface area contributed by atoms with Gasteiger partial charge in [0.05, 0.1) is 26.0 Å². The summed E-state index contributed by atoms with van der Waals surface area (Å²) in [6.45, 7) is 5.31. The zero-order chi connectivity index (χ0) is 25.8. The normalized spacial score (nSPS) is 18.0. The predicted octanol–water partition coefficient (Wildman–Crippen LogP) is 3.15. The zero-order valence-electron chi connectivity index (χ0n) is 21.6. The molecule has 4 rings (SSSR count). The van der Waals surface area contributed by atoms with Crippen LogP contribution in [0.15, 0.2) is 41.5 Å². The molecule has 36 heavy (non-hydrogen) atoms. The Labute approximate surface area is 212 Å². The first-order valence-electron chi connectivity index (χ1n) is 12.3. The number of urea groups is 1. The van der Waals surface area contributed by atoms with Gasteiger partial charge in [-0.2, -0.15) is 5.10 Å². The molecular weight excluding hydrogens is 458 g/mol. The van der Waals surface area contributed by atoms with Gasteiger partial charge in [0, 0.05) is 49.9 Å². The number of carbonyl (C=O) groups excluding carboxylic acids is 2. The molecule has 0 radical (unpaired) electrons. The summed E-state index contributed by atoms with van der Waals surface area (Å²) in [5.41, 5.74) is 4.68. The molecule has 1 saturated heterocycles. The minimum Gasteiger partial charge on any atom is -0.493 e. The fraction of sp³-hybridized carbons (Fsp3) is 0.444. The van der Waals surface area contributed by atoms with E-state index in [0.29, 0.717) is 23.6 Å². The number of methoxy groups -OCH3 is 2. The van der Waals surface area contributed by atoms with E-state index < -0.39 is 0 Å². The number of nitrogens with zero attached hydrogens (tertiary/aromatic N) is 3. The Bertz CT molecular complexity index is 1140. The summed E-state index contributed by atoms with van der Waals surface area (Å²) in [5, 5.41) is 12.1. The highest BCUT2D eigenvalue weighted by molar-refractivity contribution is 6.14. The van der Waals surface area contributed by atoms with Gasteiger partial charge in [-0.15, -0.1) is 0 Å². The van der Waals surface area contributed by atoms with Gasteiger partial charge < -0.3 is 25.0 Å². The van der Waals surface area contributed by atoms with Crippen molar-refractivity contribution in [2.24, 2.45) is 5.10 Å². The van der Waals surface area contributed by atoms with Gasteiger partial charge in [-0.25, -0.2) is 9.80 Å². The molecule has 1 atom stereocenters. The fourth-order valence-corrected chi connectivity index (χ4v) is 4.95. The molecule has 2 aromatic rings. The molecular formula is C27H35N5O4. The second-order valence-corrected chi connectivity index (χ2v) is 9.27. The van der Waals surface area contributed by atoms with Crippen LogP contribution in [0.4, 0.5) is 10.5 Å². The molecule has 9 heteroatoms. The van der Waals surface area contributed by atoms with Gasteiger partial charge >= 0.3 is 6.03 Å². The first kappa shape index (κ1) is 25.3. The topological polar surface area (TPSA) is 95.5 Å². The highest BCUT2D eigenvalue weighted by Gasteiger charge is 2.28. The van der Waals surface area contributed by atoms with Crippen LogP contribution in [-0.4, -0.2) is 69.1 Å². The van der Waals surface area contributed by atoms with Gasteiger partial charge in [0.2, 0.25) is 5.91 Å². The van der Waals surface area contributed by atoms with E-state index in [-0.39, 0.29) is 24.0 Å². The number of carbonyl (C=O) groups is 2. The lowest BCUT2D eigenvalue weighted by atomic mass is 9.93. The van der Waals surface area contributed by atoms with Crippen molar-refractivity contribution in [2.45, 2.75) is 45.2 Å². The number of anilines is 1. The van der Waals surface area contributed by atoms with Gasteiger partial charge in [-0.05, 0) is 56.0 Å². The third-order valence-corrected chi connectivity index (χ3v) is 6.84. The Kier molecular flexibility index (Phi) is 7.67. The second kappa shape index (κ2) is 10.9. The molecule has 0 bridgehead atoms. The number of piperidine rings is 1. The van der Waals surface area contributed by atoms with Crippen LogP contribution in [0.2, 0.25) is 0 Å². The highest BCUT2D eigenvalue weighted by atomic mass is 16.5. The summed E-state index contributed by atoms with van der Waals surface area (Å²) in [6, 6.07) is 12.0. The van der Waals surface area contributed by atoms with Crippen molar-refractivity contribution in [3.05, 3.63) is 53.1 Å². The number of fused-ring (bicyclic) bond motifs is 1. The molecule has 9 nitrogen and oxygen atoms in total. The monoisotopic (exact) mass is 493 g/mol. The molecule has 2 N–H and O–H groups in total. The average Bonchev–Trinajstić information content (AvgIpc) is 3.03. The summed E-state index contributed by atoms with van der Waals surface area (Å²) in [4.78, 5) is 26.4. The quantitative estimate of drug-likeness (QED) is 0.667. The van der Waals surface area contributed by atoms with E-state index in [1.54, 1.807) is 28.2 Å². The lowest BCUT2D eigenvalue weighted by molar-refractivity contribution is -0.119. The van der Waals surface area contributed by atoms with Crippen LogP contribution in [0.5, 0.6) is 11.5 Å². The van der Waals surface area contributed by atoms with Gasteiger partial charge in [0.1, 0.15) is 0 Å². The van der Waals surface area contributed by atoms with Crippen LogP contribution < -0.4 is 25.0 Å². The molecule has 2 heterocycles. The van der Waals surface area contributed by atoms with Gasteiger partial charge in [-0.1, -0.05) is 12.1 Å². The van der Waals surface area contributed by atoms with Crippen LogP contribution >= 0.6 is 0 Å². The number of hydrazone groups is 1. The van der Waals surface area contributed by atoms with Crippen molar-refractivity contribution < 1.29 is 19.1 Å². The first-order chi connectivity index (χ1) is 17.3. The zero-order valence-corrected chi connectivity index (χ0v) is 21.6. The molecule has 0 aliphatic carbocycles. The van der Waals surface area contributed by atoms with E-state index in [0.717, 1.165) is 48.3 Å². The van der Waals surface area contributed by atoms with Crippen molar-refractivity contribution in [1.82, 2.24) is 15.6 Å². The summed E-state index contributed by atoms with van der Waals surface area (Å²) < 4.78 is 11.1. The van der Waals surface area contributed by atoms with Gasteiger partial charge in [-0.3, -0.25) is 4.79 Å². The molecule has 1 fully saturated rings. The SMILES string of the molecule is CNC(=O)N1N=C(c2ccc(N3CCC(NC(C)=O)CC3)cc2)c2cc(OC)c(OC)cc2CC1C. The van der Waals surface area contributed by atoms with Crippen molar-refractivity contribution in [3.8, 4) is 11.5 Å². The number of benzene rings is 2. The second-order valence-electron chi connectivity index (χ2n) is 9.27. The van der Waals surface area contributed by atoms with Crippen LogP contribution in [0.3, 0.4) is 0 Å². The summed E-state index contributed by atoms with van der Waals surface area (Å²) in [7, 11) is 4.84. The molecule has 3 amide bonds. The fourth-order valence-electron chi connectivity index (χ4n) is 4.95. The number of rotatable bonds is 5. The van der Waals surface area contributed by atoms with Crippen LogP contribution in [-0.2, 0) is 11.2 Å². The highest BCUT2D eigenvalue weighted by Crippen LogP contribution is 2.35. The van der Waals surface area contributed by atoms with Crippen LogP contribution in [0.1, 0.15) is 43.4 Å². The largest absolute Gasteiger partial charge is 0.493 e. The minimum absolute atomic E-state index is 0.0247. The van der Waals surface area contributed by atoms with Crippen LogP contribution in [0, 0.1) is 0 Å². The Morgan fingerprint density at radius 2 is 1.67 bits per heavy atom. The first-order valence-corrected chi connectivity index (χ1v) is 12.3. The molecule has 192 valence electrons. The lowest BCUT2D eigenvalue weighted by Crippen LogP contribution is -2.44. The van der Waals surface area contributed by atoms with Gasteiger partial charge in [0.25, 0.3) is 0 Å². The van der Waals surface area contributed by atoms with E-state index in [1.165, 1.54) is 5.01 Å². The lowest BCUT2D eigenvalue weighted by Gasteiger charge is -2.34. The molecule has 2 aliphatic rings. The molecule has 2 aromatic carbocycles. The standard InChI is InChI=1S/C27H35N5O4/c1-17-14-20-15-24(35-4)25(36-5)16-23(20)26(30-32(17)27(34)28-3)19-6-8-22(9-7-19)31-12-10-21(11-13-31)29-18(2)33/h6-9,15-17,21H,10-14H2,1-5H3,(H,28,34)(H,29,33). The molecule has 0 spiro atoms. The molecule has 0 saturated carbocycles. The third-order valence-electron chi connectivity index (χ3n) is 6.84. The van der Waals surface area contributed by atoms with E-state index >= 15 is 0 Å². The summed E-state index contributed by atoms with van der Waals surface area (Å²) in [5.74, 6) is 1.29. The summed E-state index contributed by atoms with van der Waals surface area (Å²) in [6.07, 6.45) is 2.46. The maximum Gasteiger partial charge on any atom is 0.337 e. The average molecular weight is 494 g/mol. The molecule has 0 aromatic heterocycles. The number of hydrogen-bond acceptors (Lipinski definition) is 6. The minimum atomic E-state index is -0.259. The molecule has 2 aliphatic heterocycles. The summed E-state index contributed by atoms with van der Waals surface area (Å²) >= 11 is 0. The van der Waals surface area contributed by atoms with Gasteiger partial charge in [0.15, 0.2) is 11.5 Å². The Morgan fingerprint density at radius 3 is 2.25 bits per heavy atom. The Balaban J connectivity index is 1.68. The Morgan fingerprint density at radius 1 is 1.03 bits per heavy atom. The van der Waals surface area contributed by atoms with E-state index in [4.69, 9.17) is 14.6 Å².